The van der Waals surface area contributed by atoms with Gasteiger partial charge in [-0.15, -0.1) is 11.3 Å². The summed E-state index contributed by atoms with van der Waals surface area (Å²) in [4.78, 5) is 9.03. The Bertz CT molecular complexity index is 989. The second-order valence-electron chi connectivity index (χ2n) is 5.49. The molecule has 0 aliphatic carbocycles. The molecule has 0 fully saturated rings. The average Bonchev–Trinajstić information content (AvgIpc) is 3.19. The van der Waals surface area contributed by atoms with E-state index in [2.05, 4.69) is 27.5 Å². The van der Waals surface area contributed by atoms with Crippen LogP contribution in [0.15, 0.2) is 48.0 Å². The highest BCUT2D eigenvalue weighted by molar-refractivity contribution is 7.13. The van der Waals surface area contributed by atoms with Crippen LogP contribution >= 0.6 is 11.3 Å². The minimum Gasteiger partial charge on any atom is -0.375 e. The Morgan fingerprint density at radius 3 is 2.79 bits per heavy atom. The number of nitrogens with zero attached hydrogens (tertiary/aromatic N) is 4. The number of nitrogens with one attached hydrogen (secondary N) is 1. The summed E-state index contributed by atoms with van der Waals surface area (Å²) in [6.07, 6.45) is 1.82. The zero-order valence-electron chi connectivity index (χ0n) is 13.1. The lowest BCUT2D eigenvalue weighted by atomic mass is 10.1. The third kappa shape index (κ3) is 2.69. The fourth-order valence-electron chi connectivity index (χ4n) is 2.54. The molecule has 6 nitrogen and oxygen atoms in total. The molecule has 0 spiro atoms. The molecule has 3 aromatic heterocycles. The molecule has 7 heteroatoms. The molecule has 0 unspecified atom stereocenters. The third-order valence-corrected chi connectivity index (χ3v) is 4.46. The number of thiazole rings is 1. The van der Waals surface area contributed by atoms with Gasteiger partial charge in [-0.2, -0.15) is 9.61 Å². The number of nitrogens with two attached hydrogens (primary N) is 1. The molecule has 0 atom stereocenters. The van der Waals surface area contributed by atoms with Crippen LogP contribution in [0.1, 0.15) is 11.3 Å². The second-order valence-corrected chi connectivity index (χ2v) is 6.38. The van der Waals surface area contributed by atoms with E-state index in [1.807, 2.05) is 47.3 Å². The summed E-state index contributed by atoms with van der Waals surface area (Å²) in [6.45, 7) is 2.59. The van der Waals surface area contributed by atoms with Gasteiger partial charge in [-0.25, -0.2) is 9.97 Å². The Labute approximate surface area is 143 Å². The molecule has 0 radical (unpaired) electrons. The number of benzene rings is 1. The van der Waals surface area contributed by atoms with Crippen molar-refractivity contribution in [2.24, 2.45) is 0 Å². The maximum atomic E-state index is 5.69. The Morgan fingerprint density at radius 2 is 2.04 bits per heavy atom. The molecule has 3 heterocycles. The maximum Gasteiger partial charge on any atom is 0.180 e. The Morgan fingerprint density at radius 1 is 1.21 bits per heavy atom. The van der Waals surface area contributed by atoms with E-state index in [4.69, 9.17) is 10.7 Å². The van der Waals surface area contributed by atoms with E-state index in [1.54, 1.807) is 0 Å². The summed E-state index contributed by atoms with van der Waals surface area (Å²) in [5.74, 6) is 0.874. The minimum atomic E-state index is 0.576. The molecule has 0 amide bonds. The van der Waals surface area contributed by atoms with Crippen LogP contribution in [-0.4, -0.2) is 19.6 Å². The summed E-state index contributed by atoms with van der Waals surface area (Å²) in [5.41, 5.74) is 10.5. The highest BCUT2D eigenvalue weighted by Gasteiger charge is 2.11. The van der Waals surface area contributed by atoms with E-state index in [9.17, 15) is 0 Å². The molecule has 24 heavy (non-hydrogen) atoms. The predicted molar refractivity (Wildman–Crippen MR) is 97.0 cm³/mol. The molecule has 120 valence electrons. The topological polar surface area (TPSA) is 81.1 Å². The van der Waals surface area contributed by atoms with E-state index in [0.717, 1.165) is 34.0 Å². The monoisotopic (exact) mass is 336 g/mol. The summed E-state index contributed by atoms with van der Waals surface area (Å²) < 4.78 is 1.82. The molecule has 0 aliphatic heterocycles. The Kier molecular flexibility index (Phi) is 3.62. The summed E-state index contributed by atoms with van der Waals surface area (Å²) in [5, 5.41) is 10.3. The van der Waals surface area contributed by atoms with Crippen molar-refractivity contribution in [3.63, 3.8) is 0 Å². The lowest BCUT2D eigenvalue weighted by molar-refractivity contribution is 0.921. The molecule has 0 bridgehead atoms. The second kappa shape index (κ2) is 5.93. The smallest absolute Gasteiger partial charge is 0.180 e. The zero-order chi connectivity index (χ0) is 16.5. The molecular weight excluding hydrogens is 320 g/mol. The Hall–Kier alpha value is -2.93. The van der Waals surface area contributed by atoms with Crippen molar-refractivity contribution in [1.29, 1.82) is 0 Å². The first-order valence-corrected chi connectivity index (χ1v) is 8.43. The number of aryl methyl sites for hydroxylation is 1. The number of anilines is 2. The lowest BCUT2D eigenvalue weighted by Crippen LogP contribution is -2.07. The average molecular weight is 336 g/mol. The van der Waals surface area contributed by atoms with Crippen molar-refractivity contribution < 1.29 is 0 Å². The molecule has 3 N–H and O–H groups in total. The van der Waals surface area contributed by atoms with Crippen molar-refractivity contribution in [3.05, 3.63) is 59.2 Å². The van der Waals surface area contributed by atoms with Crippen LogP contribution in [0.4, 0.5) is 10.9 Å². The largest absolute Gasteiger partial charge is 0.375 e. The number of rotatable bonds is 4. The molecule has 0 saturated heterocycles. The fraction of sp³-hybridized carbons (Fsp3) is 0.118. The van der Waals surface area contributed by atoms with Crippen molar-refractivity contribution in [2.75, 3.05) is 11.1 Å². The van der Waals surface area contributed by atoms with Crippen LogP contribution in [0.3, 0.4) is 0 Å². The first-order chi connectivity index (χ1) is 11.7. The van der Waals surface area contributed by atoms with Gasteiger partial charge in [-0.1, -0.05) is 30.3 Å². The van der Waals surface area contributed by atoms with Gasteiger partial charge in [-0.3, -0.25) is 0 Å². The van der Waals surface area contributed by atoms with Gasteiger partial charge < -0.3 is 11.1 Å². The standard InChI is InChI=1S/C17H16N6S/c1-11-8-20-23-15(19-9-13-10-24-17(18)21-13)7-14(22-16(11)23)12-5-3-2-4-6-12/h2-8,10,19H,9H2,1H3,(H2,18,21). The van der Waals surface area contributed by atoms with Gasteiger partial charge >= 0.3 is 0 Å². The zero-order valence-corrected chi connectivity index (χ0v) is 13.9. The minimum absolute atomic E-state index is 0.576. The maximum absolute atomic E-state index is 5.69. The number of hydrogen-bond acceptors (Lipinski definition) is 6. The van der Waals surface area contributed by atoms with Crippen LogP contribution < -0.4 is 11.1 Å². The molecule has 0 saturated carbocycles. The summed E-state index contributed by atoms with van der Waals surface area (Å²) in [6, 6.07) is 12.1. The first-order valence-electron chi connectivity index (χ1n) is 7.55. The van der Waals surface area contributed by atoms with Gasteiger partial charge in [0.05, 0.1) is 24.1 Å². The summed E-state index contributed by atoms with van der Waals surface area (Å²) >= 11 is 1.44. The summed E-state index contributed by atoms with van der Waals surface area (Å²) in [7, 11) is 0. The highest BCUT2D eigenvalue weighted by atomic mass is 32.1. The van der Waals surface area contributed by atoms with Crippen LogP contribution in [0, 0.1) is 6.92 Å². The van der Waals surface area contributed by atoms with Crippen molar-refractivity contribution in [3.8, 4) is 11.3 Å². The van der Waals surface area contributed by atoms with E-state index in [0.29, 0.717) is 11.7 Å². The van der Waals surface area contributed by atoms with Crippen LogP contribution in [0.25, 0.3) is 16.9 Å². The Balaban J connectivity index is 1.75. The molecule has 1 aromatic carbocycles. The predicted octanol–water partition coefficient (Wildman–Crippen LogP) is 3.36. The van der Waals surface area contributed by atoms with E-state index in [1.165, 1.54) is 11.3 Å². The third-order valence-electron chi connectivity index (χ3n) is 3.74. The number of nitrogen functional groups attached to an aromatic ring is 1. The first kappa shape index (κ1) is 14.6. The van der Waals surface area contributed by atoms with E-state index >= 15 is 0 Å². The SMILES string of the molecule is Cc1cnn2c(NCc3csc(N)n3)cc(-c3ccccc3)nc12. The van der Waals surface area contributed by atoms with E-state index < -0.39 is 0 Å². The van der Waals surface area contributed by atoms with Crippen molar-refractivity contribution in [2.45, 2.75) is 13.5 Å². The highest BCUT2D eigenvalue weighted by Crippen LogP contribution is 2.24. The lowest BCUT2D eigenvalue weighted by Gasteiger charge is -2.10. The van der Waals surface area contributed by atoms with Gasteiger partial charge in [0.15, 0.2) is 10.8 Å². The van der Waals surface area contributed by atoms with Gasteiger partial charge in [0.25, 0.3) is 0 Å². The molecular formula is C17H16N6S. The quantitative estimate of drug-likeness (QED) is 0.597. The van der Waals surface area contributed by atoms with Crippen LogP contribution in [0.5, 0.6) is 0 Å². The molecule has 4 rings (SSSR count). The van der Waals surface area contributed by atoms with Gasteiger partial charge in [0.2, 0.25) is 0 Å². The molecule has 4 aromatic rings. The van der Waals surface area contributed by atoms with E-state index in [-0.39, 0.29) is 0 Å². The number of fused-ring (bicyclic) bond motifs is 1. The van der Waals surface area contributed by atoms with Crippen LogP contribution in [-0.2, 0) is 6.54 Å². The molecule has 0 aliphatic rings. The van der Waals surface area contributed by atoms with Gasteiger partial charge in [-0.05, 0) is 6.92 Å². The van der Waals surface area contributed by atoms with Crippen molar-refractivity contribution >= 4 is 27.9 Å². The van der Waals surface area contributed by atoms with Gasteiger partial charge in [0.1, 0.15) is 5.82 Å². The normalized spacial score (nSPS) is 11.0. The fourth-order valence-corrected chi connectivity index (χ4v) is 3.10. The van der Waals surface area contributed by atoms with Crippen LogP contribution in [0.2, 0.25) is 0 Å². The number of aromatic nitrogens is 4. The van der Waals surface area contributed by atoms with Crippen molar-refractivity contribution in [1.82, 2.24) is 19.6 Å². The number of hydrogen-bond donors (Lipinski definition) is 2. The van der Waals surface area contributed by atoms with Gasteiger partial charge in [0, 0.05) is 22.6 Å².